The van der Waals surface area contributed by atoms with Gasteiger partial charge in [0.2, 0.25) is 0 Å². The lowest BCUT2D eigenvalue weighted by Crippen LogP contribution is -1.83. The molecule has 24 heavy (non-hydrogen) atoms. The van der Waals surface area contributed by atoms with Crippen LogP contribution in [0.15, 0.2) is 0 Å². The lowest BCUT2D eigenvalue weighted by atomic mass is 10.1. The van der Waals surface area contributed by atoms with Gasteiger partial charge >= 0.3 is 0 Å². The quantitative estimate of drug-likeness (QED) is 0.246. The van der Waals surface area contributed by atoms with Gasteiger partial charge in [-0.1, -0.05) is 137 Å². The first-order valence-corrected chi connectivity index (χ1v) is 11.8. The monoisotopic (exact) mass is 338 g/mol. The Morgan fingerprint density at radius 2 is 0.833 bits per heavy atom. The molecule has 0 spiro atoms. The maximum Gasteiger partial charge on any atom is -0.0383 e. The van der Waals surface area contributed by atoms with Crippen LogP contribution in [-0.2, 0) is 0 Å². The molecule has 2 atom stereocenters. The van der Waals surface area contributed by atoms with Gasteiger partial charge in [0.15, 0.2) is 0 Å². The smallest absolute Gasteiger partial charge is 0.0383 e. The topological polar surface area (TPSA) is 0 Å². The van der Waals surface area contributed by atoms with Crippen molar-refractivity contribution in [2.24, 2.45) is 11.8 Å². The summed E-state index contributed by atoms with van der Waals surface area (Å²) in [5.41, 5.74) is 0. The molecule has 0 saturated heterocycles. The summed E-state index contributed by atoms with van der Waals surface area (Å²) in [5.74, 6) is 2.26. The molecule has 0 aromatic rings. The van der Waals surface area contributed by atoms with Crippen LogP contribution in [0, 0.1) is 11.8 Å². The van der Waals surface area contributed by atoms with Crippen LogP contribution in [0.2, 0.25) is 0 Å². The van der Waals surface area contributed by atoms with E-state index in [0.717, 1.165) is 11.8 Å². The average Bonchev–Trinajstić information content (AvgIpc) is 3.36. The van der Waals surface area contributed by atoms with Gasteiger partial charge in [0.25, 0.3) is 0 Å². The van der Waals surface area contributed by atoms with E-state index in [0.29, 0.717) is 0 Å². The molecule has 0 heterocycles. The Morgan fingerprint density at radius 1 is 0.458 bits per heavy atom. The van der Waals surface area contributed by atoms with Gasteiger partial charge in [0.05, 0.1) is 0 Å². The maximum atomic E-state index is 2.34. The van der Waals surface area contributed by atoms with Gasteiger partial charge in [-0.3, -0.25) is 0 Å². The highest BCUT2D eigenvalue weighted by molar-refractivity contribution is 4.84. The standard InChI is InChI=1S/C12H24.C12H26/c1-3-5-6-7-8-9-12-10-11(12)4-2;1-3-5-7-9-11-12-10-8-6-4-2/h11-12H,3-10H2,1-2H3;3-12H2,1-2H3. The molecule has 0 amide bonds. The summed E-state index contributed by atoms with van der Waals surface area (Å²) >= 11 is 0. The molecule has 0 aliphatic heterocycles. The first-order valence-electron chi connectivity index (χ1n) is 11.8. The maximum absolute atomic E-state index is 2.34. The Hall–Kier alpha value is 0. The molecule has 1 saturated carbocycles. The van der Waals surface area contributed by atoms with E-state index in [1.54, 1.807) is 6.42 Å². The van der Waals surface area contributed by atoms with Crippen LogP contribution in [0.3, 0.4) is 0 Å². The Balaban J connectivity index is 0.000000441. The minimum atomic E-state index is 1.12. The third kappa shape index (κ3) is 16.8. The molecular weight excluding hydrogens is 288 g/mol. The predicted octanol–water partition coefficient (Wildman–Crippen LogP) is 9.32. The van der Waals surface area contributed by atoms with Gasteiger partial charge in [-0.2, -0.15) is 0 Å². The summed E-state index contributed by atoms with van der Waals surface area (Å²) in [5, 5.41) is 0. The third-order valence-electron chi connectivity index (χ3n) is 5.73. The van der Waals surface area contributed by atoms with Crippen LogP contribution in [0.25, 0.3) is 0 Å². The minimum Gasteiger partial charge on any atom is -0.0654 e. The molecule has 146 valence electrons. The zero-order valence-corrected chi connectivity index (χ0v) is 17.9. The highest BCUT2D eigenvalue weighted by Gasteiger charge is 2.33. The second-order valence-corrected chi connectivity index (χ2v) is 8.20. The highest BCUT2D eigenvalue weighted by Crippen LogP contribution is 2.44. The molecule has 0 N–H and O–H groups in total. The molecule has 0 aromatic heterocycles. The fraction of sp³-hybridized carbons (Fsp3) is 1.00. The Kier molecular flexibility index (Phi) is 19.3. The summed E-state index contributed by atoms with van der Waals surface area (Å²) in [6, 6.07) is 0. The largest absolute Gasteiger partial charge is 0.0654 e. The van der Waals surface area contributed by atoms with Crippen molar-refractivity contribution in [1.29, 1.82) is 0 Å². The van der Waals surface area contributed by atoms with Gasteiger partial charge < -0.3 is 0 Å². The molecule has 0 aromatic carbocycles. The van der Waals surface area contributed by atoms with Crippen LogP contribution in [0.1, 0.15) is 143 Å². The van der Waals surface area contributed by atoms with Crippen LogP contribution >= 0.6 is 0 Å². The van der Waals surface area contributed by atoms with E-state index in [-0.39, 0.29) is 0 Å². The second-order valence-electron chi connectivity index (χ2n) is 8.20. The number of hydrogen-bond donors (Lipinski definition) is 0. The Bertz CT molecular complexity index is 210. The molecular formula is C24H50. The van der Waals surface area contributed by atoms with Crippen molar-refractivity contribution < 1.29 is 0 Å². The van der Waals surface area contributed by atoms with E-state index in [4.69, 9.17) is 0 Å². The molecule has 1 rings (SSSR count). The first kappa shape index (κ1) is 24.0. The average molecular weight is 339 g/mol. The van der Waals surface area contributed by atoms with Crippen molar-refractivity contribution >= 4 is 0 Å². The SMILES string of the molecule is CCCCCCCC1CC1CC.CCCCCCCCCCCC. The molecule has 0 radical (unpaired) electrons. The Morgan fingerprint density at radius 3 is 1.17 bits per heavy atom. The normalized spacial score (nSPS) is 19.0. The van der Waals surface area contributed by atoms with Gasteiger partial charge in [-0.25, -0.2) is 0 Å². The van der Waals surface area contributed by atoms with Crippen molar-refractivity contribution in [3.63, 3.8) is 0 Å². The minimum absolute atomic E-state index is 1.12. The molecule has 2 unspecified atom stereocenters. The van der Waals surface area contributed by atoms with Gasteiger partial charge in [0.1, 0.15) is 0 Å². The van der Waals surface area contributed by atoms with Crippen molar-refractivity contribution in [3.8, 4) is 0 Å². The zero-order valence-electron chi connectivity index (χ0n) is 17.9. The van der Waals surface area contributed by atoms with Crippen molar-refractivity contribution in [2.75, 3.05) is 0 Å². The predicted molar refractivity (Wildman–Crippen MR) is 113 cm³/mol. The Labute approximate surface area is 155 Å². The lowest BCUT2D eigenvalue weighted by Gasteiger charge is -1.99. The lowest BCUT2D eigenvalue weighted by molar-refractivity contribution is 0.552. The van der Waals surface area contributed by atoms with Crippen LogP contribution in [0.5, 0.6) is 0 Å². The summed E-state index contributed by atoms with van der Waals surface area (Å²) in [6.07, 6.45) is 26.2. The van der Waals surface area contributed by atoms with E-state index < -0.39 is 0 Å². The summed E-state index contributed by atoms with van der Waals surface area (Å²) in [7, 11) is 0. The molecule has 1 aliphatic rings. The van der Waals surface area contributed by atoms with Gasteiger partial charge in [-0.05, 0) is 18.3 Å². The van der Waals surface area contributed by atoms with Crippen molar-refractivity contribution in [1.82, 2.24) is 0 Å². The van der Waals surface area contributed by atoms with Crippen LogP contribution in [0.4, 0.5) is 0 Å². The third-order valence-corrected chi connectivity index (χ3v) is 5.73. The number of hydrogen-bond acceptors (Lipinski definition) is 0. The number of unbranched alkanes of at least 4 members (excludes halogenated alkanes) is 13. The molecule has 0 bridgehead atoms. The zero-order chi connectivity index (χ0) is 17.9. The van der Waals surface area contributed by atoms with Crippen molar-refractivity contribution in [3.05, 3.63) is 0 Å². The highest BCUT2D eigenvalue weighted by atomic mass is 14.4. The van der Waals surface area contributed by atoms with Gasteiger partial charge in [0, 0.05) is 0 Å². The first-order chi connectivity index (χ1) is 11.8. The van der Waals surface area contributed by atoms with Crippen LogP contribution < -0.4 is 0 Å². The molecule has 0 nitrogen and oxygen atoms in total. The van der Waals surface area contributed by atoms with E-state index in [2.05, 4.69) is 27.7 Å². The van der Waals surface area contributed by atoms with E-state index in [1.807, 2.05) is 0 Å². The van der Waals surface area contributed by atoms with E-state index in [1.165, 1.54) is 109 Å². The fourth-order valence-electron chi connectivity index (χ4n) is 3.73. The summed E-state index contributed by atoms with van der Waals surface area (Å²) < 4.78 is 0. The van der Waals surface area contributed by atoms with Crippen LogP contribution in [-0.4, -0.2) is 0 Å². The number of rotatable bonds is 16. The van der Waals surface area contributed by atoms with E-state index in [9.17, 15) is 0 Å². The summed E-state index contributed by atoms with van der Waals surface area (Å²) in [4.78, 5) is 0. The van der Waals surface area contributed by atoms with E-state index >= 15 is 0 Å². The summed E-state index contributed by atoms with van der Waals surface area (Å²) in [6.45, 7) is 9.18. The molecule has 1 fully saturated rings. The van der Waals surface area contributed by atoms with Crippen molar-refractivity contribution in [2.45, 2.75) is 143 Å². The molecule has 0 heteroatoms. The fourth-order valence-corrected chi connectivity index (χ4v) is 3.73. The molecule has 1 aliphatic carbocycles. The second kappa shape index (κ2) is 19.3. The van der Waals surface area contributed by atoms with Gasteiger partial charge in [-0.15, -0.1) is 0 Å².